The molecule has 0 aliphatic carbocycles. The molecule has 9 heteroatoms. The SMILES string of the molecule is CN(C)c1ccc(NC(=O)c2ccc(C(F)(F)F)[nH]c2=O)cn1. The van der Waals surface area contributed by atoms with Crippen molar-refractivity contribution >= 4 is 17.4 Å². The van der Waals surface area contributed by atoms with Gasteiger partial charge in [-0.3, -0.25) is 9.59 Å². The number of halogens is 3. The van der Waals surface area contributed by atoms with Crippen LogP contribution in [0.3, 0.4) is 0 Å². The first kappa shape index (κ1) is 16.5. The molecule has 2 aromatic heterocycles. The zero-order valence-electron chi connectivity index (χ0n) is 12.2. The lowest BCUT2D eigenvalue weighted by Gasteiger charge is -2.11. The van der Waals surface area contributed by atoms with Gasteiger partial charge in [0.05, 0.1) is 11.9 Å². The Morgan fingerprint density at radius 2 is 1.91 bits per heavy atom. The predicted molar refractivity (Wildman–Crippen MR) is 78.6 cm³/mol. The highest BCUT2D eigenvalue weighted by atomic mass is 19.4. The van der Waals surface area contributed by atoms with Crippen LogP contribution >= 0.6 is 0 Å². The second-order valence-electron chi connectivity index (χ2n) is 4.87. The standard InChI is InChI=1S/C14H13F3N4O2/c1-21(2)11-6-3-8(7-18-11)19-12(22)9-4-5-10(14(15,16)17)20-13(9)23/h3-7H,1-2H3,(H,19,22)(H,20,23). The summed E-state index contributed by atoms with van der Waals surface area (Å²) in [6.07, 6.45) is -3.30. The van der Waals surface area contributed by atoms with Gasteiger partial charge in [-0.25, -0.2) is 4.98 Å². The molecule has 0 atom stereocenters. The minimum atomic E-state index is -4.68. The average molecular weight is 326 g/mol. The molecule has 0 fully saturated rings. The van der Waals surface area contributed by atoms with Crippen LogP contribution < -0.4 is 15.8 Å². The summed E-state index contributed by atoms with van der Waals surface area (Å²) in [7, 11) is 3.59. The van der Waals surface area contributed by atoms with Gasteiger partial charge in [-0.2, -0.15) is 13.2 Å². The highest BCUT2D eigenvalue weighted by molar-refractivity contribution is 6.03. The third-order valence-electron chi connectivity index (χ3n) is 2.92. The fourth-order valence-corrected chi connectivity index (χ4v) is 1.74. The van der Waals surface area contributed by atoms with E-state index in [-0.39, 0.29) is 0 Å². The van der Waals surface area contributed by atoms with Crippen molar-refractivity contribution in [1.29, 1.82) is 0 Å². The van der Waals surface area contributed by atoms with Crippen LogP contribution in [0.1, 0.15) is 16.1 Å². The van der Waals surface area contributed by atoms with E-state index >= 15 is 0 Å². The third kappa shape index (κ3) is 3.87. The Morgan fingerprint density at radius 1 is 1.22 bits per heavy atom. The van der Waals surface area contributed by atoms with E-state index in [1.54, 1.807) is 36.1 Å². The molecular formula is C14H13F3N4O2. The van der Waals surface area contributed by atoms with Gasteiger partial charge in [0.2, 0.25) is 0 Å². The number of nitrogens with one attached hydrogen (secondary N) is 2. The van der Waals surface area contributed by atoms with Crippen LogP contribution in [0, 0.1) is 0 Å². The van der Waals surface area contributed by atoms with E-state index in [0.29, 0.717) is 17.6 Å². The van der Waals surface area contributed by atoms with E-state index < -0.39 is 28.9 Å². The normalized spacial score (nSPS) is 11.2. The average Bonchev–Trinajstić information content (AvgIpc) is 2.46. The summed E-state index contributed by atoms with van der Waals surface area (Å²) < 4.78 is 37.4. The highest BCUT2D eigenvalue weighted by Crippen LogP contribution is 2.26. The summed E-state index contributed by atoms with van der Waals surface area (Å²) in [5.41, 5.74) is -2.43. The minimum absolute atomic E-state index is 0.319. The molecule has 2 N–H and O–H groups in total. The van der Waals surface area contributed by atoms with E-state index in [9.17, 15) is 22.8 Å². The largest absolute Gasteiger partial charge is 0.431 e. The molecule has 0 radical (unpaired) electrons. The number of hydrogen-bond acceptors (Lipinski definition) is 4. The first-order chi connectivity index (χ1) is 10.7. The molecule has 6 nitrogen and oxygen atoms in total. The van der Waals surface area contributed by atoms with Crippen molar-refractivity contribution in [2.45, 2.75) is 6.18 Å². The predicted octanol–water partition coefficient (Wildman–Crippen LogP) is 2.11. The molecule has 0 spiro atoms. The van der Waals surface area contributed by atoms with Crippen molar-refractivity contribution in [3.8, 4) is 0 Å². The van der Waals surface area contributed by atoms with Crippen LogP contribution in [0.25, 0.3) is 0 Å². The van der Waals surface area contributed by atoms with Gasteiger partial charge in [-0.1, -0.05) is 0 Å². The fourth-order valence-electron chi connectivity index (χ4n) is 1.74. The Hall–Kier alpha value is -2.84. The topological polar surface area (TPSA) is 78.1 Å². The molecule has 2 aromatic rings. The Balaban J connectivity index is 2.19. The van der Waals surface area contributed by atoms with Gasteiger partial charge in [0.25, 0.3) is 11.5 Å². The van der Waals surface area contributed by atoms with Crippen LogP contribution in [0.15, 0.2) is 35.3 Å². The van der Waals surface area contributed by atoms with Crippen molar-refractivity contribution < 1.29 is 18.0 Å². The monoisotopic (exact) mass is 326 g/mol. The molecule has 0 saturated carbocycles. The van der Waals surface area contributed by atoms with Gasteiger partial charge in [0.1, 0.15) is 17.1 Å². The van der Waals surface area contributed by atoms with Crippen molar-refractivity contribution in [2.24, 2.45) is 0 Å². The number of anilines is 2. The van der Waals surface area contributed by atoms with Crippen LogP contribution in [0.4, 0.5) is 24.7 Å². The number of aromatic nitrogens is 2. The van der Waals surface area contributed by atoms with Gasteiger partial charge < -0.3 is 15.2 Å². The quantitative estimate of drug-likeness (QED) is 0.905. The maximum Gasteiger partial charge on any atom is 0.431 e. The van der Waals surface area contributed by atoms with Gasteiger partial charge in [-0.15, -0.1) is 0 Å². The van der Waals surface area contributed by atoms with Crippen LogP contribution in [0.5, 0.6) is 0 Å². The van der Waals surface area contributed by atoms with E-state index in [2.05, 4.69) is 10.3 Å². The Morgan fingerprint density at radius 3 is 2.39 bits per heavy atom. The zero-order valence-corrected chi connectivity index (χ0v) is 12.2. The van der Waals surface area contributed by atoms with Gasteiger partial charge in [-0.05, 0) is 24.3 Å². The summed E-state index contributed by atoms with van der Waals surface area (Å²) in [6.45, 7) is 0. The first-order valence-electron chi connectivity index (χ1n) is 6.44. The zero-order chi connectivity index (χ0) is 17.2. The summed E-state index contributed by atoms with van der Waals surface area (Å²) >= 11 is 0. The van der Waals surface area contributed by atoms with Crippen LogP contribution in [-0.4, -0.2) is 30.0 Å². The summed E-state index contributed by atoms with van der Waals surface area (Å²) in [5.74, 6) is -0.158. The number of H-pyrrole nitrogens is 1. The van der Waals surface area contributed by atoms with E-state index in [4.69, 9.17) is 0 Å². The lowest BCUT2D eigenvalue weighted by Crippen LogP contribution is -2.25. The second kappa shape index (κ2) is 6.11. The van der Waals surface area contributed by atoms with Crippen molar-refractivity contribution in [3.63, 3.8) is 0 Å². The van der Waals surface area contributed by atoms with Crippen molar-refractivity contribution in [3.05, 3.63) is 52.1 Å². The number of carbonyl (C=O) groups is 1. The molecule has 0 bridgehead atoms. The third-order valence-corrected chi connectivity index (χ3v) is 2.92. The maximum atomic E-state index is 12.5. The molecule has 0 aliphatic rings. The highest BCUT2D eigenvalue weighted by Gasteiger charge is 2.32. The van der Waals surface area contributed by atoms with Gasteiger partial charge in [0, 0.05) is 14.1 Å². The number of nitrogens with zero attached hydrogens (tertiary/aromatic N) is 2. The van der Waals surface area contributed by atoms with Crippen molar-refractivity contribution in [2.75, 3.05) is 24.3 Å². The Labute approximate surface area is 129 Å². The van der Waals surface area contributed by atoms with Crippen molar-refractivity contribution in [1.82, 2.24) is 9.97 Å². The number of rotatable bonds is 3. The molecule has 2 heterocycles. The Bertz CT molecular complexity index is 767. The number of alkyl halides is 3. The molecule has 23 heavy (non-hydrogen) atoms. The minimum Gasteiger partial charge on any atom is -0.363 e. The summed E-state index contributed by atoms with van der Waals surface area (Å²) in [5, 5.41) is 2.40. The van der Waals surface area contributed by atoms with E-state index in [0.717, 1.165) is 6.07 Å². The number of amides is 1. The van der Waals surface area contributed by atoms with E-state index in [1.165, 1.54) is 6.20 Å². The smallest absolute Gasteiger partial charge is 0.363 e. The maximum absolute atomic E-state index is 12.5. The lowest BCUT2D eigenvalue weighted by atomic mass is 10.2. The molecule has 0 saturated heterocycles. The number of aromatic amines is 1. The van der Waals surface area contributed by atoms with Crippen LogP contribution in [0.2, 0.25) is 0 Å². The number of carbonyl (C=O) groups excluding carboxylic acids is 1. The summed E-state index contributed by atoms with van der Waals surface area (Å²) in [6, 6.07) is 4.69. The number of hydrogen-bond donors (Lipinski definition) is 2. The van der Waals surface area contributed by atoms with E-state index in [1.807, 2.05) is 0 Å². The van der Waals surface area contributed by atoms with Gasteiger partial charge >= 0.3 is 6.18 Å². The Kier molecular flexibility index (Phi) is 4.39. The summed E-state index contributed by atoms with van der Waals surface area (Å²) in [4.78, 5) is 31.1. The number of pyridine rings is 2. The molecule has 1 amide bonds. The lowest BCUT2D eigenvalue weighted by molar-refractivity contribution is -0.141. The molecule has 0 unspecified atom stereocenters. The fraction of sp³-hybridized carbons (Fsp3) is 0.214. The second-order valence-corrected chi connectivity index (χ2v) is 4.87. The molecule has 0 aromatic carbocycles. The van der Waals surface area contributed by atoms with Crippen LogP contribution in [-0.2, 0) is 6.18 Å². The van der Waals surface area contributed by atoms with Gasteiger partial charge in [0.15, 0.2) is 0 Å². The first-order valence-corrected chi connectivity index (χ1v) is 6.44. The molecule has 0 aliphatic heterocycles. The molecule has 2 rings (SSSR count). The molecule has 122 valence electrons. The molecular weight excluding hydrogens is 313 g/mol.